The molecular weight excluding hydrogens is 904 g/mol. The van der Waals surface area contributed by atoms with Crippen molar-refractivity contribution < 1.29 is 52.2 Å². The summed E-state index contributed by atoms with van der Waals surface area (Å²) in [5.74, 6) is -1.45. The van der Waals surface area contributed by atoms with Gasteiger partial charge in [0.1, 0.15) is 12.7 Å². The van der Waals surface area contributed by atoms with Crippen molar-refractivity contribution in [2.45, 2.75) is 290 Å². The number of hydrogen-bond donors (Lipinski definition) is 2. The zero-order valence-corrected chi connectivity index (χ0v) is 46.1. The maximum atomic E-state index is 12.9. The van der Waals surface area contributed by atoms with Crippen LogP contribution in [0.1, 0.15) is 278 Å². The number of hydrogen-bond acceptors (Lipinski definition) is 10. The molecule has 0 aromatic carbocycles. The number of carbonyl (C=O) groups excluding carboxylic acids is 3. The van der Waals surface area contributed by atoms with E-state index in [9.17, 15) is 28.9 Å². The van der Waals surface area contributed by atoms with Gasteiger partial charge in [-0.3, -0.25) is 23.4 Å². The molecule has 70 heavy (non-hydrogen) atoms. The minimum Gasteiger partial charge on any atom is -0.462 e. The second-order valence-corrected chi connectivity index (χ2v) is 20.9. The van der Waals surface area contributed by atoms with Crippen molar-refractivity contribution in [3.05, 3.63) is 36.5 Å². The molecule has 0 aromatic heterocycles. The van der Waals surface area contributed by atoms with Crippen LogP contribution in [0.25, 0.3) is 0 Å². The van der Waals surface area contributed by atoms with Crippen LogP contribution in [0.5, 0.6) is 0 Å². The highest BCUT2D eigenvalue weighted by Gasteiger charge is 2.28. The standard InChI is InChI=1S/C58H107O11P/c1-4-7-10-13-16-19-22-24-26-27-29-30-33-35-38-41-44-47-56(60)65-51-55(69-58(62)49-46-43-40-37-34-31-28-25-23-20-17-14-11-8-5-2)53-67-70(63,64)66-52-54(50-59)68-57(61)48-45-42-39-36-32-21-18-15-12-9-6-3/h7,10,16,19,24,26,54-55,59H,4-6,8-9,11-15,17-18,20-23,25,27-53H2,1-3H3,(H,63,64)/b10-7-,19-16-,26-24-. The zero-order valence-electron chi connectivity index (χ0n) is 45.2. The van der Waals surface area contributed by atoms with E-state index < -0.39 is 57.8 Å². The van der Waals surface area contributed by atoms with Crippen LogP contribution in [0, 0.1) is 0 Å². The Kier molecular flexibility index (Phi) is 51.3. The number of rotatable bonds is 54. The van der Waals surface area contributed by atoms with Crippen LogP contribution in [-0.4, -0.2) is 66.5 Å². The van der Waals surface area contributed by atoms with E-state index >= 15 is 0 Å². The van der Waals surface area contributed by atoms with Crippen molar-refractivity contribution in [2.24, 2.45) is 0 Å². The van der Waals surface area contributed by atoms with Crippen LogP contribution in [0.3, 0.4) is 0 Å². The Balaban J connectivity index is 4.70. The van der Waals surface area contributed by atoms with E-state index in [0.29, 0.717) is 19.3 Å². The number of allylic oxidation sites excluding steroid dienone is 6. The molecule has 2 N–H and O–H groups in total. The predicted octanol–water partition coefficient (Wildman–Crippen LogP) is 16.8. The molecule has 3 atom stereocenters. The first-order chi connectivity index (χ1) is 34.2. The average Bonchev–Trinajstić information content (AvgIpc) is 3.35. The molecule has 0 amide bonds. The Labute approximate surface area is 429 Å². The molecule has 0 bridgehead atoms. The monoisotopic (exact) mass is 1010 g/mol. The Hall–Kier alpha value is -2.30. The smallest absolute Gasteiger partial charge is 0.462 e. The molecule has 0 aromatic rings. The van der Waals surface area contributed by atoms with Crippen LogP contribution in [0.15, 0.2) is 36.5 Å². The summed E-state index contributed by atoms with van der Waals surface area (Å²) in [6.45, 7) is 4.55. The number of phosphoric acid groups is 1. The van der Waals surface area contributed by atoms with Gasteiger partial charge >= 0.3 is 25.7 Å². The number of aliphatic hydroxyl groups is 1. The molecule has 0 saturated heterocycles. The second kappa shape index (κ2) is 53.0. The molecule has 11 nitrogen and oxygen atoms in total. The molecule has 0 spiro atoms. The summed E-state index contributed by atoms with van der Waals surface area (Å²) < 4.78 is 39.5. The van der Waals surface area contributed by atoms with E-state index in [1.54, 1.807) is 0 Å². The highest BCUT2D eigenvalue weighted by atomic mass is 31.2. The van der Waals surface area contributed by atoms with Crippen molar-refractivity contribution in [3.8, 4) is 0 Å². The average molecular weight is 1010 g/mol. The highest BCUT2D eigenvalue weighted by Crippen LogP contribution is 2.43. The van der Waals surface area contributed by atoms with Crippen molar-refractivity contribution >= 4 is 25.7 Å². The van der Waals surface area contributed by atoms with Gasteiger partial charge in [0.2, 0.25) is 0 Å². The van der Waals surface area contributed by atoms with Crippen LogP contribution in [0.4, 0.5) is 0 Å². The van der Waals surface area contributed by atoms with Crippen molar-refractivity contribution in [2.75, 3.05) is 26.4 Å². The van der Waals surface area contributed by atoms with E-state index in [0.717, 1.165) is 89.9 Å². The number of ether oxygens (including phenoxy) is 3. The predicted molar refractivity (Wildman–Crippen MR) is 289 cm³/mol. The number of carbonyl (C=O) groups is 3. The molecule has 0 aliphatic rings. The maximum absolute atomic E-state index is 12.9. The topological polar surface area (TPSA) is 155 Å². The lowest BCUT2D eigenvalue weighted by Gasteiger charge is -2.21. The van der Waals surface area contributed by atoms with Crippen molar-refractivity contribution in [1.82, 2.24) is 0 Å². The van der Waals surface area contributed by atoms with E-state index in [1.165, 1.54) is 128 Å². The molecule has 0 saturated carbocycles. The molecule has 0 aliphatic carbocycles. The van der Waals surface area contributed by atoms with Crippen LogP contribution < -0.4 is 0 Å². The number of aliphatic hydroxyl groups excluding tert-OH is 1. The van der Waals surface area contributed by atoms with Gasteiger partial charge < -0.3 is 24.2 Å². The molecule has 12 heteroatoms. The molecule has 0 rings (SSSR count). The third-order valence-electron chi connectivity index (χ3n) is 12.6. The minimum atomic E-state index is -4.74. The Bertz CT molecular complexity index is 1320. The second-order valence-electron chi connectivity index (χ2n) is 19.4. The van der Waals surface area contributed by atoms with Crippen LogP contribution >= 0.6 is 7.82 Å². The lowest BCUT2D eigenvalue weighted by molar-refractivity contribution is -0.161. The van der Waals surface area contributed by atoms with Gasteiger partial charge in [0.05, 0.1) is 19.8 Å². The fourth-order valence-electron chi connectivity index (χ4n) is 8.20. The van der Waals surface area contributed by atoms with Crippen molar-refractivity contribution in [3.63, 3.8) is 0 Å². The van der Waals surface area contributed by atoms with Gasteiger partial charge in [-0.1, -0.05) is 243 Å². The summed E-state index contributed by atoms with van der Waals surface area (Å²) >= 11 is 0. The third kappa shape index (κ3) is 50.6. The molecule has 0 fully saturated rings. The highest BCUT2D eigenvalue weighted by molar-refractivity contribution is 7.47. The number of phosphoric ester groups is 1. The Morgan fingerprint density at radius 2 is 0.743 bits per heavy atom. The summed E-state index contributed by atoms with van der Waals surface area (Å²) in [5, 5.41) is 9.79. The van der Waals surface area contributed by atoms with Gasteiger partial charge in [0.25, 0.3) is 0 Å². The molecule has 3 unspecified atom stereocenters. The molecule has 0 heterocycles. The summed E-state index contributed by atoms with van der Waals surface area (Å²) in [6.07, 6.45) is 53.9. The number of unbranched alkanes of at least 4 members (excludes halogenated alkanes) is 31. The zero-order chi connectivity index (χ0) is 51.3. The molecule has 410 valence electrons. The maximum Gasteiger partial charge on any atom is 0.472 e. The van der Waals surface area contributed by atoms with E-state index in [1.807, 2.05) is 0 Å². The first-order valence-electron chi connectivity index (χ1n) is 28.9. The lowest BCUT2D eigenvalue weighted by Crippen LogP contribution is -2.30. The quantitative estimate of drug-likeness (QED) is 0.0197. The fraction of sp³-hybridized carbons (Fsp3) is 0.845. The summed E-state index contributed by atoms with van der Waals surface area (Å²) in [6, 6.07) is 0. The van der Waals surface area contributed by atoms with Crippen molar-refractivity contribution in [1.29, 1.82) is 0 Å². The largest absolute Gasteiger partial charge is 0.472 e. The fourth-order valence-corrected chi connectivity index (χ4v) is 8.98. The number of esters is 3. The Morgan fingerprint density at radius 1 is 0.414 bits per heavy atom. The first kappa shape index (κ1) is 67.7. The normalized spacial score (nSPS) is 13.6. The Morgan fingerprint density at radius 3 is 1.14 bits per heavy atom. The summed E-state index contributed by atoms with van der Waals surface area (Å²) in [4.78, 5) is 48.5. The van der Waals surface area contributed by atoms with Gasteiger partial charge in [0, 0.05) is 19.3 Å². The van der Waals surface area contributed by atoms with E-state index in [-0.39, 0.29) is 25.9 Å². The van der Waals surface area contributed by atoms with E-state index in [4.69, 9.17) is 23.3 Å². The minimum absolute atomic E-state index is 0.171. The first-order valence-corrected chi connectivity index (χ1v) is 30.4. The lowest BCUT2D eigenvalue weighted by atomic mass is 10.0. The molecule has 0 radical (unpaired) electrons. The third-order valence-corrected chi connectivity index (χ3v) is 13.5. The van der Waals surface area contributed by atoms with Crippen LogP contribution in [-0.2, 0) is 42.2 Å². The van der Waals surface area contributed by atoms with Gasteiger partial charge in [-0.05, 0) is 51.4 Å². The summed E-state index contributed by atoms with van der Waals surface area (Å²) in [7, 11) is -4.74. The SMILES string of the molecule is CC/C=C\C/C=C\C/C=C\CCCCCCCCCC(=O)OCC(COP(=O)(O)OCC(CO)OC(=O)CCCCCCCCCCCCC)OC(=O)CCCCCCCCCCCCCCCCC. The van der Waals surface area contributed by atoms with E-state index in [2.05, 4.69) is 57.2 Å². The van der Waals surface area contributed by atoms with Gasteiger partial charge in [-0.25, -0.2) is 4.57 Å². The van der Waals surface area contributed by atoms with Gasteiger partial charge in [-0.2, -0.15) is 0 Å². The summed E-state index contributed by atoms with van der Waals surface area (Å²) in [5.41, 5.74) is 0. The molecular formula is C58H107O11P. The van der Waals surface area contributed by atoms with Crippen LogP contribution in [0.2, 0.25) is 0 Å². The molecule has 0 aliphatic heterocycles. The van der Waals surface area contributed by atoms with Gasteiger partial charge in [0.15, 0.2) is 6.10 Å². The van der Waals surface area contributed by atoms with Gasteiger partial charge in [-0.15, -0.1) is 0 Å².